The van der Waals surface area contributed by atoms with Crippen LogP contribution in [-0.4, -0.2) is 61.3 Å². The first kappa shape index (κ1) is 19.8. The fourth-order valence-corrected chi connectivity index (χ4v) is 4.40. The number of aliphatic hydroxyl groups is 1. The Morgan fingerprint density at radius 3 is 2.61 bits per heavy atom. The number of carbonyl (C=O) groups excluding carboxylic acids is 1. The maximum absolute atomic E-state index is 11.5. The summed E-state index contributed by atoms with van der Waals surface area (Å²) in [7, 11) is 0. The van der Waals surface area contributed by atoms with Crippen LogP contribution < -0.4 is 15.0 Å². The molecule has 6 heteroatoms. The number of amides is 1. The van der Waals surface area contributed by atoms with Gasteiger partial charge >= 0.3 is 0 Å². The van der Waals surface area contributed by atoms with Crippen molar-refractivity contribution in [1.29, 1.82) is 0 Å². The lowest BCUT2D eigenvalue weighted by Crippen LogP contribution is -2.49. The van der Waals surface area contributed by atoms with Gasteiger partial charge < -0.3 is 20.1 Å². The van der Waals surface area contributed by atoms with Crippen LogP contribution in [0.15, 0.2) is 60.7 Å². The highest BCUT2D eigenvalue weighted by Gasteiger charge is 2.21. The number of benzene rings is 3. The first-order valence-electron chi connectivity index (χ1n) is 10.8. The minimum atomic E-state index is -0.555. The molecule has 0 aliphatic carbocycles. The molecule has 5 rings (SSSR count). The number of hydrogen-bond acceptors (Lipinski definition) is 5. The molecular weight excluding hydrogens is 390 g/mol. The molecule has 1 saturated heterocycles. The standard InChI is InChI=1S/C25H27N3O3/c29-22(17-31-23-7-8-24-20(14-23)15-25(30)26-24)16-27-9-11-28(12-10-27)21-6-5-18-3-1-2-4-19(18)13-21/h1-8,13-14,22,29H,9-12,15-17H2,(H,26,30)/t22-/m0/s1. The van der Waals surface area contributed by atoms with Gasteiger partial charge in [-0.25, -0.2) is 0 Å². The molecule has 0 unspecified atom stereocenters. The lowest BCUT2D eigenvalue weighted by atomic mass is 10.1. The largest absolute Gasteiger partial charge is 0.491 e. The van der Waals surface area contributed by atoms with Gasteiger partial charge in [-0.3, -0.25) is 9.69 Å². The Hall–Kier alpha value is -3.09. The van der Waals surface area contributed by atoms with Gasteiger partial charge in [-0.2, -0.15) is 0 Å². The van der Waals surface area contributed by atoms with Crippen molar-refractivity contribution < 1.29 is 14.6 Å². The van der Waals surface area contributed by atoms with E-state index in [1.807, 2.05) is 18.2 Å². The number of fused-ring (bicyclic) bond motifs is 2. The number of rotatable bonds is 6. The van der Waals surface area contributed by atoms with E-state index in [9.17, 15) is 9.90 Å². The summed E-state index contributed by atoms with van der Waals surface area (Å²) in [6.07, 6.45) is -0.170. The summed E-state index contributed by atoms with van der Waals surface area (Å²) in [6.45, 7) is 4.55. The molecule has 0 saturated carbocycles. The average Bonchev–Trinajstić information content (AvgIpc) is 3.17. The van der Waals surface area contributed by atoms with Crippen LogP contribution in [0, 0.1) is 0 Å². The summed E-state index contributed by atoms with van der Waals surface area (Å²) in [4.78, 5) is 16.2. The van der Waals surface area contributed by atoms with Gasteiger partial charge in [0.25, 0.3) is 0 Å². The lowest BCUT2D eigenvalue weighted by Gasteiger charge is -2.37. The number of aliphatic hydroxyl groups excluding tert-OH is 1. The van der Waals surface area contributed by atoms with Crippen LogP contribution in [0.25, 0.3) is 10.8 Å². The molecule has 160 valence electrons. The number of hydrogen-bond donors (Lipinski definition) is 2. The van der Waals surface area contributed by atoms with E-state index in [4.69, 9.17) is 4.74 Å². The minimum Gasteiger partial charge on any atom is -0.491 e. The summed E-state index contributed by atoms with van der Waals surface area (Å²) >= 11 is 0. The Morgan fingerprint density at radius 1 is 0.968 bits per heavy atom. The van der Waals surface area contributed by atoms with E-state index in [1.54, 1.807) is 0 Å². The zero-order chi connectivity index (χ0) is 21.2. The summed E-state index contributed by atoms with van der Waals surface area (Å²) in [5, 5.41) is 15.8. The Labute approximate surface area is 182 Å². The van der Waals surface area contributed by atoms with Crippen molar-refractivity contribution in [3.63, 3.8) is 0 Å². The van der Waals surface area contributed by atoms with Gasteiger partial charge in [0, 0.05) is 44.1 Å². The second-order valence-corrected chi connectivity index (χ2v) is 8.33. The molecule has 0 radical (unpaired) electrons. The van der Waals surface area contributed by atoms with Crippen LogP contribution in [0.3, 0.4) is 0 Å². The Kier molecular flexibility index (Phi) is 5.49. The number of piperazine rings is 1. The quantitative estimate of drug-likeness (QED) is 0.646. The molecule has 1 atom stereocenters. The molecular formula is C25H27N3O3. The maximum atomic E-state index is 11.5. The third kappa shape index (κ3) is 4.50. The van der Waals surface area contributed by atoms with Crippen molar-refractivity contribution in [2.24, 2.45) is 0 Å². The van der Waals surface area contributed by atoms with Crippen molar-refractivity contribution in [1.82, 2.24) is 4.90 Å². The van der Waals surface area contributed by atoms with Crippen molar-refractivity contribution in [2.75, 3.05) is 49.5 Å². The van der Waals surface area contributed by atoms with Crippen LogP contribution in [-0.2, 0) is 11.2 Å². The van der Waals surface area contributed by atoms with Crippen LogP contribution in [0.2, 0.25) is 0 Å². The third-order valence-corrected chi connectivity index (χ3v) is 6.08. The van der Waals surface area contributed by atoms with E-state index in [1.165, 1.54) is 16.5 Å². The zero-order valence-corrected chi connectivity index (χ0v) is 17.5. The molecule has 1 amide bonds. The molecule has 2 aliphatic heterocycles. The van der Waals surface area contributed by atoms with Crippen molar-refractivity contribution >= 4 is 28.1 Å². The Balaban J connectivity index is 1.10. The Morgan fingerprint density at radius 2 is 1.77 bits per heavy atom. The van der Waals surface area contributed by atoms with Crippen LogP contribution >= 0.6 is 0 Å². The fraction of sp³-hybridized carbons (Fsp3) is 0.320. The number of ether oxygens (including phenoxy) is 1. The zero-order valence-electron chi connectivity index (χ0n) is 17.5. The molecule has 0 spiro atoms. The molecule has 3 aromatic carbocycles. The van der Waals surface area contributed by atoms with Crippen molar-refractivity contribution in [2.45, 2.75) is 12.5 Å². The van der Waals surface area contributed by atoms with E-state index >= 15 is 0 Å². The van der Waals surface area contributed by atoms with Crippen molar-refractivity contribution in [3.8, 4) is 5.75 Å². The van der Waals surface area contributed by atoms with Crippen LogP contribution in [0.5, 0.6) is 5.75 Å². The highest BCUT2D eigenvalue weighted by atomic mass is 16.5. The first-order valence-corrected chi connectivity index (χ1v) is 10.8. The predicted octanol–water partition coefficient (Wildman–Crippen LogP) is 2.90. The topological polar surface area (TPSA) is 65.0 Å². The monoisotopic (exact) mass is 417 g/mol. The molecule has 31 heavy (non-hydrogen) atoms. The van der Waals surface area contributed by atoms with E-state index < -0.39 is 6.10 Å². The normalized spacial score (nSPS) is 17.5. The van der Waals surface area contributed by atoms with Gasteiger partial charge in [-0.15, -0.1) is 0 Å². The maximum Gasteiger partial charge on any atom is 0.228 e. The third-order valence-electron chi connectivity index (χ3n) is 6.08. The summed E-state index contributed by atoms with van der Waals surface area (Å²) in [5.74, 6) is 0.699. The second-order valence-electron chi connectivity index (χ2n) is 8.33. The van der Waals surface area contributed by atoms with Crippen LogP contribution in [0.4, 0.5) is 11.4 Å². The number of nitrogens with zero attached hydrogens (tertiary/aromatic N) is 2. The molecule has 0 aromatic heterocycles. The molecule has 1 fully saturated rings. The van der Waals surface area contributed by atoms with E-state index in [0.717, 1.165) is 37.4 Å². The smallest absolute Gasteiger partial charge is 0.228 e. The molecule has 3 aromatic rings. The molecule has 0 bridgehead atoms. The van der Waals surface area contributed by atoms with Crippen molar-refractivity contribution in [3.05, 3.63) is 66.2 Å². The van der Waals surface area contributed by atoms with E-state index in [-0.39, 0.29) is 12.5 Å². The minimum absolute atomic E-state index is 0.00927. The molecule has 2 heterocycles. The number of anilines is 2. The molecule has 2 N–H and O–H groups in total. The van der Waals surface area contributed by atoms with E-state index in [0.29, 0.717) is 18.7 Å². The number of nitrogens with one attached hydrogen (secondary N) is 1. The first-order chi connectivity index (χ1) is 15.1. The van der Waals surface area contributed by atoms with Gasteiger partial charge in [0.05, 0.1) is 6.42 Å². The van der Waals surface area contributed by atoms with Gasteiger partial charge in [0.15, 0.2) is 0 Å². The fourth-order valence-electron chi connectivity index (χ4n) is 4.40. The molecule has 2 aliphatic rings. The van der Waals surface area contributed by atoms with E-state index in [2.05, 4.69) is 57.6 Å². The highest BCUT2D eigenvalue weighted by molar-refractivity contribution is 5.99. The van der Waals surface area contributed by atoms with Gasteiger partial charge in [0.2, 0.25) is 5.91 Å². The summed E-state index contributed by atoms with van der Waals surface area (Å²) in [5.41, 5.74) is 3.05. The van der Waals surface area contributed by atoms with Gasteiger partial charge in [-0.05, 0) is 46.7 Å². The Bertz CT molecular complexity index is 1090. The predicted molar refractivity (Wildman–Crippen MR) is 123 cm³/mol. The summed E-state index contributed by atoms with van der Waals surface area (Å²) < 4.78 is 5.78. The van der Waals surface area contributed by atoms with Crippen LogP contribution in [0.1, 0.15) is 5.56 Å². The molecule has 6 nitrogen and oxygen atoms in total. The second kappa shape index (κ2) is 8.57. The highest BCUT2D eigenvalue weighted by Crippen LogP contribution is 2.27. The number of carbonyl (C=O) groups is 1. The number of β-amino-alcohol motifs (C(OH)–C–C–N with tert-alkyl or cyclic N) is 1. The SMILES string of the molecule is O=C1Cc2cc(OC[C@@H](O)CN3CCN(c4ccc5ccccc5c4)CC3)ccc2N1. The lowest BCUT2D eigenvalue weighted by molar-refractivity contribution is -0.115. The van der Waals surface area contributed by atoms with Gasteiger partial charge in [-0.1, -0.05) is 30.3 Å². The van der Waals surface area contributed by atoms with Gasteiger partial charge in [0.1, 0.15) is 18.5 Å². The summed E-state index contributed by atoms with van der Waals surface area (Å²) in [6, 6.07) is 20.6. The average molecular weight is 418 g/mol.